The highest BCUT2D eigenvalue weighted by atomic mass is 32.1. The maximum Gasteiger partial charge on any atom is 0.251 e. The molecule has 1 N–H and O–H groups in total. The summed E-state index contributed by atoms with van der Waals surface area (Å²) in [6, 6.07) is 11.3. The number of carbonyl (C=O) groups is 1. The molecule has 0 radical (unpaired) electrons. The number of nitrogens with zero attached hydrogens (tertiary/aromatic N) is 4. The summed E-state index contributed by atoms with van der Waals surface area (Å²) in [5, 5.41) is 16.6. The summed E-state index contributed by atoms with van der Waals surface area (Å²) in [5.74, 6) is 1.14. The van der Waals surface area contributed by atoms with Crippen LogP contribution in [0, 0.1) is 0 Å². The van der Waals surface area contributed by atoms with Gasteiger partial charge in [-0.25, -0.2) is 4.68 Å². The van der Waals surface area contributed by atoms with Gasteiger partial charge in [0.2, 0.25) is 0 Å². The van der Waals surface area contributed by atoms with E-state index in [9.17, 15) is 4.79 Å². The molecule has 0 aliphatic rings. The number of ether oxygens (including phenoxy) is 1. The lowest BCUT2D eigenvalue weighted by molar-refractivity contribution is 0.0953. The lowest BCUT2D eigenvalue weighted by Crippen LogP contribution is -2.25. The first-order valence-corrected chi connectivity index (χ1v) is 9.31. The van der Waals surface area contributed by atoms with E-state index in [-0.39, 0.29) is 18.6 Å². The second kappa shape index (κ2) is 8.57. The fourth-order valence-corrected chi connectivity index (χ4v) is 3.15. The van der Waals surface area contributed by atoms with Gasteiger partial charge in [-0.2, -0.15) is 0 Å². The summed E-state index contributed by atoms with van der Waals surface area (Å²) < 4.78 is 7.46. The minimum absolute atomic E-state index is 0.112. The van der Waals surface area contributed by atoms with Crippen LogP contribution in [0.2, 0.25) is 0 Å². The van der Waals surface area contributed by atoms with E-state index in [0.717, 1.165) is 6.42 Å². The number of rotatable bonds is 8. The molecule has 0 aliphatic carbocycles. The topological polar surface area (TPSA) is 81.9 Å². The lowest BCUT2D eigenvalue weighted by Gasteiger charge is -2.10. The summed E-state index contributed by atoms with van der Waals surface area (Å²) >= 11 is 1.69. The first-order chi connectivity index (χ1) is 12.6. The van der Waals surface area contributed by atoms with Crippen LogP contribution in [0.15, 0.2) is 41.8 Å². The molecule has 0 unspecified atom stereocenters. The maximum absolute atomic E-state index is 12.3. The monoisotopic (exact) mass is 371 g/mol. The van der Waals surface area contributed by atoms with E-state index >= 15 is 0 Å². The van der Waals surface area contributed by atoms with Crippen LogP contribution in [0.4, 0.5) is 0 Å². The van der Waals surface area contributed by atoms with Crippen LogP contribution in [-0.2, 0) is 13.0 Å². The highest BCUT2D eigenvalue weighted by Gasteiger charge is 2.11. The third-order valence-electron chi connectivity index (χ3n) is 3.75. The zero-order chi connectivity index (χ0) is 18.4. The average molecular weight is 371 g/mol. The number of hydrogen-bond acceptors (Lipinski definition) is 6. The van der Waals surface area contributed by atoms with E-state index in [1.807, 2.05) is 31.4 Å². The quantitative estimate of drug-likeness (QED) is 0.658. The maximum atomic E-state index is 12.3. The first kappa shape index (κ1) is 18.1. The summed E-state index contributed by atoms with van der Waals surface area (Å²) in [7, 11) is 0. The Morgan fingerprint density at radius 3 is 2.96 bits per heavy atom. The normalized spacial score (nSPS) is 10.9. The number of tetrazole rings is 1. The molecular weight excluding hydrogens is 350 g/mol. The van der Waals surface area contributed by atoms with Crippen LogP contribution in [0.5, 0.6) is 5.75 Å². The summed E-state index contributed by atoms with van der Waals surface area (Å²) in [5.41, 5.74) is 0.567. The van der Waals surface area contributed by atoms with Gasteiger partial charge in [0.25, 0.3) is 5.91 Å². The zero-order valence-corrected chi connectivity index (χ0v) is 15.6. The molecule has 8 heteroatoms. The van der Waals surface area contributed by atoms with Gasteiger partial charge in [-0.1, -0.05) is 12.1 Å². The molecule has 1 amide bonds. The van der Waals surface area contributed by atoms with E-state index in [4.69, 9.17) is 4.74 Å². The molecule has 0 atom stereocenters. The Bertz CT molecular complexity index is 845. The largest absolute Gasteiger partial charge is 0.486 e. The molecular formula is C18H21N5O2S. The van der Waals surface area contributed by atoms with Gasteiger partial charge in [0.1, 0.15) is 12.4 Å². The molecule has 0 saturated carbocycles. The minimum atomic E-state index is -0.112. The molecule has 3 rings (SSSR count). The molecule has 3 aromatic rings. The number of carbonyl (C=O) groups excluding carboxylic acids is 1. The molecule has 7 nitrogen and oxygen atoms in total. The van der Waals surface area contributed by atoms with Gasteiger partial charge in [0.15, 0.2) is 5.82 Å². The summed E-state index contributed by atoms with van der Waals surface area (Å²) in [6.07, 6.45) is 0.831. The van der Waals surface area contributed by atoms with E-state index in [2.05, 4.69) is 26.9 Å². The smallest absolute Gasteiger partial charge is 0.251 e. The number of thiophene rings is 1. The second-order valence-electron chi connectivity index (χ2n) is 6.04. The fourth-order valence-electron chi connectivity index (χ4n) is 2.44. The molecule has 1 aromatic carbocycles. The minimum Gasteiger partial charge on any atom is -0.486 e. The number of hydrogen-bond donors (Lipinski definition) is 1. The molecule has 0 bridgehead atoms. The van der Waals surface area contributed by atoms with Gasteiger partial charge in [-0.15, -0.1) is 16.4 Å². The predicted octanol–water partition coefficient (Wildman–Crippen LogP) is 2.87. The van der Waals surface area contributed by atoms with Crippen molar-refractivity contribution in [1.82, 2.24) is 25.5 Å². The summed E-state index contributed by atoms with van der Waals surface area (Å²) in [6.45, 7) is 4.85. The Kier molecular flexibility index (Phi) is 5.96. The van der Waals surface area contributed by atoms with Gasteiger partial charge >= 0.3 is 0 Å². The van der Waals surface area contributed by atoms with Crippen LogP contribution < -0.4 is 10.1 Å². The van der Waals surface area contributed by atoms with Crippen molar-refractivity contribution >= 4 is 17.2 Å². The van der Waals surface area contributed by atoms with Crippen molar-refractivity contribution in [2.75, 3.05) is 6.54 Å². The molecule has 0 fully saturated rings. The third kappa shape index (κ3) is 4.66. The SMILES string of the molecule is CC(C)n1nnnc1COc1cccc(C(=O)NCCc2cccs2)c1. The standard InChI is InChI=1S/C18H21N5O2S/c1-13(2)23-17(20-21-22-23)12-25-15-6-3-5-14(11-15)18(24)19-9-8-16-7-4-10-26-16/h3-7,10-11,13H,8-9,12H2,1-2H3,(H,19,24). The number of benzene rings is 1. The van der Waals surface area contributed by atoms with Crippen LogP contribution in [0.1, 0.15) is 40.9 Å². The van der Waals surface area contributed by atoms with Crippen LogP contribution in [0.25, 0.3) is 0 Å². The number of nitrogens with one attached hydrogen (secondary N) is 1. The van der Waals surface area contributed by atoms with E-state index in [1.54, 1.807) is 34.2 Å². The van der Waals surface area contributed by atoms with Crippen LogP contribution >= 0.6 is 11.3 Å². The van der Waals surface area contributed by atoms with Gasteiger partial charge in [-0.3, -0.25) is 4.79 Å². The van der Waals surface area contributed by atoms with Gasteiger partial charge in [-0.05, 0) is 60.3 Å². The molecule has 2 aromatic heterocycles. The Morgan fingerprint density at radius 2 is 2.19 bits per heavy atom. The fraction of sp³-hybridized carbons (Fsp3) is 0.333. The van der Waals surface area contributed by atoms with Crippen molar-refractivity contribution in [3.8, 4) is 5.75 Å². The Morgan fingerprint density at radius 1 is 1.31 bits per heavy atom. The van der Waals surface area contributed by atoms with Crippen molar-refractivity contribution in [2.45, 2.75) is 32.9 Å². The van der Waals surface area contributed by atoms with Crippen LogP contribution in [-0.4, -0.2) is 32.7 Å². The van der Waals surface area contributed by atoms with Crippen molar-refractivity contribution in [3.05, 3.63) is 58.0 Å². The number of amides is 1. The zero-order valence-electron chi connectivity index (χ0n) is 14.8. The summed E-state index contributed by atoms with van der Waals surface area (Å²) in [4.78, 5) is 13.6. The van der Waals surface area contributed by atoms with Crippen molar-refractivity contribution in [1.29, 1.82) is 0 Å². The van der Waals surface area contributed by atoms with Gasteiger partial charge in [0.05, 0.1) is 6.04 Å². The number of aromatic nitrogens is 4. The molecule has 136 valence electrons. The molecule has 0 saturated heterocycles. The second-order valence-corrected chi connectivity index (χ2v) is 7.07. The molecule has 26 heavy (non-hydrogen) atoms. The lowest BCUT2D eigenvalue weighted by atomic mass is 10.2. The van der Waals surface area contributed by atoms with Crippen molar-refractivity contribution in [3.63, 3.8) is 0 Å². The molecule has 0 aliphatic heterocycles. The van der Waals surface area contributed by atoms with E-state index < -0.39 is 0 Å². The van der Waals surface area contributed by atoms with E-state index in [1.165, 1.54) is 4.88 Å². The Labute approximate surface area is 156 Å². The van der Waals surface area contributed by atoms with Gasteiger partial charge in [0, 0.05) is 17.0 Å². The third-order valence-corrected chi connectivity index (χ3v) is 4.69. The first-order valence-electron chi connectivity index (χ1n) is 8.43. The average Bonchev–Trinajstić information content (AvgIpc) is 3.32. The highest BCUT2D eigenvalue weighted by molar-refractivity contribution is 7.09. The van der Waals surface area contributed by atoms with Gasteiger partial charge < -0.3 is 10.1 Å². The highest BCUT2D eigenvalue weighted by Crippen LogP contribution is 2.15. The van der Waals surface area contributed by atoms with E-state index in [0.29, 0.717) is 23.7 Å². The van der Waals surface area contributed by atoms with Crippen molar-refractivity contribution < 1.29 is 9.53 Å². The van der Waals surface area contributed by atoms with Crippen molar-refractivity contribution in [2.24, 2.45) is 0 Å². The predicted molar refractivity (Wildman–Crippen MR) is 99.3 cm³/mol. The Hall–Kier alpha value is -2.74. The molecule has 0 spiro atoms. The molecule has 2 heterocycles. The van der Waals surface area contributed by atoms with Crippen LogP contribution in [0.3, 0.4) is 0 Å². The Balaban J connectivity index is 1.55.